The Balaban J connectivity index is 1.98. The van der Waals surface area contributed by atoms with Crippen molar-refractivity contribution in [3.05, 3.63) is 35.9 Å². The molecule has 5 nitrogen and oxygen atoms in total. The number of rotatable bonds is 5. The van der Waals surface area contributed by atoms with Gasteiger partial charge in [-0.3, -0.25) is 4.90 Å². The van der Waals surface area contributed by atoms with Crippen molar-refractivity contribution in [2.45, 2.75) is 20.4 Å². The molecule has 21 heavy (non-hydrogen) atoms. The molecule has 0 atom stereocenters. The molecule has 0 aliphatic heterocycles. The van der Waals surface area contributed by atoms with Crippen LogP contribution >= 0.6 is 11.3 Å². The fourth-order valence-corrected chi connectivity index (χ4v) is 3.03. The average molecular weight is 305 g/mol. The van der Waals surface area contributed by atoms with Gasteiger partial charge in [0.15, 0.2) is 10.8 Å². The maximum absolute atomic E-state index is 13.8. The average Bonchev–Trinajstić information content (AvgIpc) is 3.06. The molecule has 7 heteroatoms. The molecule has 0 fully saturated rings. The van der Waals surface area contributed by atoms with Crippen molar-refractivity contribution >= 4 is 16.3 Å². The van der Waals surface area contributed by atoms with Crippen molar-refractivity contribution in [3.63, 3.8) is 0 Å². The summed E-state index contributed by atoms with van der Waals surface area (Å²) in [6, 6.07) is 6.64. The maximum Gasteiger partial charge on any atom is 0.235 e. The van der Waals surface area contributed by atoms with Gasteiger partial charge in [-0.1, -0.05) is 37.3 Å². The van der Waals surface area contributed by atoms with E-state index in [1.54, 1.807) is 22.7 Å². The van der Waals surface area contributed by atoms with Crippen LogP contribution in [0.3, 0.4) is 0 Å². The van der Waals surface area contributed by atoms with E-state index in [9.17, 15) is 4.39 Å². The fraction of sp³-hybridized carbons (Fsp3) is 0.357. The molecule has 2 heterocycles. The van der Waals surface area contributed by atoms with Crippen LogP contribution in [-0.2, 0) is 6.54 Å². The Labute approximate surface area is 126 Å². The number of fused-ring (bicyclic) bond motifs is 1. The number of benzene rings is 1. The predicted octanol–water partition coefficient (Wildman–Crippen LogP) is 2.83. The summed E-state index contributed by atoms with van der Waals surface area (Å²) >= 11 is 1.35. The van der Waals surface area contributed by atoms with Crippen LogP contribution in [0.2, 0.25) is 0 Å². The molecule has 0 bridgehead atoms. The van der Waals surface area contributed by atoms with Crippen LogP contribution in [0.5, 0.6) is 0 Å². The molecule has 0 N–H and O–H groups in total. The van der Waals surface area contributed by atoms with E-state index >= 15 is 0 Å². The summed E-state index contributed by atoms with van der Waals surface area (Å²) in [6.45, 7) is 6.78. The highest BCUT2D eigenvalue weighted by molar-refractivity contribution is 7.19. The van der Waals surface area contributed by atoms with Gasteiger partial charge in [0, 0.05) is 5.56 Å². The lowest BCUT2D eigenvalue weighted by atomic mass is 10.2. The van der Waals surface area contributed by atoms with Gasteiger partial charge < -0.3 is 0 Å². The van der Waals surface area contributed by atoms with E-state index in [4.69, 9.17) is 0 Å². The summed E-state index contributed by atoms with van der Waals surface area (Å²) in [5.74, 6) is 0.514. The second-order valence-electron chi connectivity index (χ2n) is 4.66. The minimum Gasteiger partial charge on any atom is -0.296 e. The van der Waals surface area contributed by atoms with Gasteiger partial charge in [0.2, 0.25) is 4.96 Å². The molecule has 110 valence electrons. The zero-order chi connectivity index (χ0) is 14.8. The van der Waals surface area contributed by atoms with Crippen molar-refractivity contribution in [2.24, 2.45) is 0 Å². The van der Waals surface area contributed by atoms with Crippen LogP contribution in [0.15, 0.2) is 24.3 Å². The van der Waals surface area contributed by atoms with Gasteiger partial charge in [0.1, 0.15) is 5.82 Å². The summed E-state index contributed by atoms with van der Waals surface area (Å²) < 4.78 is 15.6. The highest BCUT2D eigenvalue weighted by Gasteiger charge is 2.16. The van der Waals surface area contributed by atoms with Crippen molar-refractivity contribution < 1.29 is 4.39 Å². The van der Waals surface area contributed by atoms with Gasteiger partial charge in [-0.2, -0.15) is 9.61 Å². The highest BCUT2D eigenvalue weighted by atomic mass is 32.1. The molecule has 0 radical (unpaired) electrons. The van der Waals surface area contributed by atoms with E-state index in [-0.39, 0.29) is 5.82 Å². The molecule has 0 aliphatic rings. The third-order valence-electron chi connectivity index (χ3n) is 3.42. The molecule has 1 aromatic carbocycles. The number of halogens is 1. The Bertz CT molecular complexity index is 747. The minimum absolute atomic E-state index is 0.271. The Hall–Kier alpha value is -1.86. The van der Waals surface area contributed by atoms with Crippen LogP contribution in [0.4, 0.5) is 4.39 Å². The summed E-state index contributed by atoms with van der Waals surface area (Å²) in [6.07, 6.45) is 0. The van der Waals surface area contributed by atoms with Gasteiger partial charge in [-0.25, -0.2) is 4.39 Å². The van der Waals surface area contributed by atoms with Crippen molar-refractivity contribution in [2.75, 3.05) is 13.1 Å². The molecule has 3 aromatic rings. The standard InChI is InChI=1S/C14H16FN5S/c1-3-19(4-2)9-12-16-17-14-20(12)18-13(21-14)10-7-5-6-8-11(10)15/h5-8H,3-4,9H2,1-2H3. The van der Waals surface area contributed by atoms with Gasteiger partial charge in [0.05, 0.1) is 6.54 Å². The van der Waals surface area contributed by atoms with E-state index in [0.717, 1.165) is 18.9 Å². The summed E-state index contributed by atoms with van der Waals surface area (Å²) in [4.78, 5) is 2.92. The zero-order valence-corrected chi connectivity index (χ0v) is 12.8. The normalized spacial score (nSPS) is 11.6. The first kappa shape index (κ1) is 14.1. The Morgan fingerprint density at radius 3 is 2.67 bits per heavy atom. The van der Waals surface area contributed by atoms with Crippen LogP contribution in [-0.4, -0.2) is 37.8 Å². The first-order chi connectivity index (χ1) is 10.2. The van der Waals surface area contributed by atoms with E-state index in [0.29, 0.717) is 22.1 Å². The van der Waals surface area contributed by atoms with Crippen LogP contribution in [0.25, 0.3) is 15.5 Å². The molecule has 2 aromatic heterocycles. The van der Waals surface area contributed by atoms with Gasteiger partial charge in [-0.15, -0.1) is 10.2 Å². The molecular weight excluding hydrogens is 289 g/mol. The van der Waals surface area contributed by atoms with Crippen LogP contribution in [0, 0.1) is 5.82 Å². The smallest absolute Gasteiger partial charge is 0.235 e. The maximum atomic E-state index is 13.8. The summed E-state index contributed by atoms with van der Waals surface area (Å²) in [7, 11) is 0. The first-order valence-electron chi connectivity index (χ1n) is 6.91. The lowest BCUT2D eigenvalue weighted by Crippen LogP contribution is -2.23. The number of aromatic nitrogens is 4. The molecule has 0 spiro atoms. The molecular formula is C14H16FN5S. The summed E-state index contributed by atoms with van der Waals surface area (Å²) in [5, 5.41) is 13.4. The highest BCUT2D eigenvalue weighted by Crippen LogP contribution is 2.27. The number of nitrogens with zero attached hydrogens (tertiary/aromatic N) is 5. The lowest BCUT2D eigenvalue weighted by Gasteiger charge is -2.15. The predicted molar refractivity (Wildman–Crippen MR) is 80.7 cm³/mol. The second kappa shape index (κ2) is 5.87. The number of hydrogen-bond donors (Lipinski definition) is 0. The molecule has 0 saturated heterocycles. The number of hydrogen-bond acceptors (Lipinski definition) is 5. The monoisotopic (exact) mass is 305 g/mol. The summed E-state index contributed by atoms with van der Waals surface area (Å²) in [5.41, 5.74) is 0.502. The second-order valence-corrected chi connectivity index (χ2v) is 5.62. The molecule has 0 amide bonds. The van der Waals surface area contributed by atoms with Gasteiger partial charge in [0.25, 0.3) is 0 Å². The molecule has 0 saturated carbocycles. The SMILES string of the molecule is CCN(CC)Cc1nnc2sc(-c3ccccc3F)nn12. The van der Waals surface area contributed by atoms with E-state index < -0.39 is 0 Å². The zero-order valence-electron chi connectivity index (χ0n) is 12.0. The third-order valence-corrected chi connectivity index (χ3v) is 4.35. The van der Waals surface area contributed by atoms with Crippen molar-refractivity contribution in [1.29, 1.82) is 0 Å². The van der Waals surface area contributed by atoms with Gasteiger partial charge >= 0.3 is 0 Å². The Kier molecular flexibility index (Phi) is 3.94. The third kappa shape index (κ3) is 2.66. The topological polar surface area (TPSA) is 46.3 Å². The van der Waals surface area contributed by atoms with Crippen LogP contribution in [0.1, 0.15) is 19.7 Å². The van der Waals surface area contributed by atoms with Crippen LogP contribution < -0.4 is 0 Å². The molecule has 0 unspecified atom stereocenters. The van der Waals surface area contributed by atoms with Crippen molar-refractivity contribution in [1.82, 2.24) is 24.7 Å². The van der Waals surface area contributed by atoms with Gasteiger partial charge in [-0.05, 0) is 25.2 Å². The Morgan fingerprint density at radius 2 is 1.95 bits per heavy atom. The van der Waals surface area contributed by atoms with E-state index in [1.165, 1.54) is 17.4 Å². The van der Waals surface area contributed by atoms with E-state index in [2.05, 4.69) is 34.0 Å². The largest absolute Gasteiger partial charge is 0.296 e. The van der Waals surface area contributed by atoms with Crippen molar-refractivity contribution in [3.8, 4) is 10.6 Å². The first-order valence-corrected chi connectivity index (χ1v) is 7.73. The Morgan fingerprint density at radius 1 is 1.19 bits per heavy atom. The van der Waals surface area contributed by atoms with E-state index in [1.807, 2.05) is 0 Å². The fourth-order valence-electron chi connectivity index (χ4n) is 2.15. The molecule has 0 aliphatic carbocycles. The lowest BCUT2D eigenvalue weighted by molar-refractivity contribution is 0.286. The molecule has 3 rings (SSSR count). The quantitative estimate of drug-likeness (QED) is 0.727. The minimum atomic E-state index is -0.271.